The Labute approximate surface area is 268 Å². The van der Waals surface area contributed by atoms with Crippen molar-refractivity contribution in [1.29, 1.82) is 0 Å². The van der Waals surface area contributed by atoms with E-state index in [-0.39, 0.29) is 18.1 Å². The third-order valence-corrected chi connectivity index (χ3v) is 13.4. The lowest BCUT2D eigenvalue weighted by atomic mass is 9.47. The Morgan fingerprint density at radius 2 is 1.70 bits per heavy atom. The van der Waals surface area contributed by atoms with E-state index in [4.69, 9.17) is 14.2 Å². The second-order valence-electron chi connectivity index (χ2n) is 16.6. The van der Waals surface area contributed by atoms with E-state index in [0.717, 1.165) is 74.0 Å². The molecular formula is C38H66O6. The van der Waals surface area contributed by atoms with Crippen LogP contribution >= 0.6 is 0 Å². The zero-order chi connectivity index (χ0) is 31.6. The van der Waals surface area contributed by atoms with Crippen LogP contribution in [-0.4, -0.2) is 65.3 Å². The van der Waals surface area contributed by atoms with Crippen molar-refractivity contribution in [2.24, 2.45) is 46.3 Å². The van der Waals surface area contributed by atoms with Crippen LogP contribution in [0.3, 0.4) is 0 Å². The molecule has 1 saturated heterocycles. The Morgan fingerprint density at radius 3 is 2.45 bits per heavy atom. The Balaban J connectivity index is 1.19. The molecule has 0 amide bonds. The van der Waals surface area contributed by atoms with Crippen LogP contribution in [-0.2, 0) is 14.2 Å². The molecule has 0 spiro atoms. The summed E-state index contributed by atoms with van der Waals surface area (Å²) in [6, 6.07) is 0. The third-order valence-electron chi connectivity index (χ3n) is 13.4. The molecule has 6 heteroatoms. The molecule has 0 radical (unpaired) electrons. The molecule has 0 aromatic rings. The SMILES string of the molecule is CCCCCOC[C@H]1O[C@H](OC2CC[C@@]3(C)C(=CCC4C3CC[C@@]3(C)C4CC[C@@H]3[C@H](C)CCCC(C)C)C2)[C@H](O)[C@@H](O)[C@@H]1O. The van der Waals surface area contributed by atoms with Crippen LogP contribution in [0.15, 0.2) is 11.6 Å². The van der Waals surface area contributed by atoms with E-state index < -0.39 is 30.7 Å². The number of unbranched alkanes of at least 4 members (excludes halogenated alkanes) is 2. The van der Waals surface area contributed by atoms with Gasteiger partial charge in [0.15, 0.2) is 6.29 Å². The van der Waals surface area contributed by atoms with Crippen LogP contribution in [0.4, 0.5) is 0 Å². The molecule has 0 aromatic heterocycles. The van der Waals surface area contributed by atoms with Gasteiger partial charge in [0, 0.05) is 6.61 Å². The van der Waals surface area contributed by atoms with Gasteiger partial charge in [0.2, 0.25) is 0 Å². The highest BCUT2D eigenvalue weighted by Gasteiger charge is 2.59. The first-order valence-corrected chi connectivity index (χ1v) is 18.6. The minimum absolute atomic E-state index is 0.0597. The summed E-state index contributed by atoms with van der Waals surface area (Å²) in [7, 11) is 0. The van der Waals surface area contributed by atoms with Crippen molar-refractivity contribution in [3.8, 4) is 0 Å². The summed E-state index contributed by atoms with van der Waals surface area (Å²) < 4.78 is 18.2. The molecule has 4 aliphatic carbocycles. The maximum absolute atomic E-state index is 10.8. The van der Waals surface area contributed by atoms with E-state index >= 15 is 0 Å². The summed E-state index contributed by atoms with van der Waals surface area (Å²) in [5.74, 6) is 4.92. The number of hydrogen-bond donors (Lipinski definition) is 3. The van der Waals surface area contributed by atoms with Gasteiger partial charge in [-0.1, -0.05) is 85.3 Å². The fraction of sp³-hybridized carbons (Fsp3) is 0.947. The molecule has 254 valence electrons. The van der Waals surface area contributed by atoms with Gasteiger partial charge in [0.05, 0.1) is 12.7 Å². The molecule has 6 nitrogen and oxygen atoms in total. The van der Waals surface area contributed by atoms with E-state index in [1.165, 1.54) is 56.9 Å². The number of hydrogen-bond acceptors (Lipinski definition) is 6. The van der Waals surface area contributed by atoms with Crippen molar-refractivity contribution < 1.29 is 29.5 Å². The molecule has 44 heavy (non-hydrogen) atoms. The Bertz CT molecular complexity index is 952. The summed E-state index contributed by atoms with van der Waals surface area (Å²) in [6.07, 6.45) is 14.0. The predicted molar refractivity (Wildman–Crippen MR) is 175 cm³/mol. The minimum atomic E-state index is -1.31. The van der Waals surface area contributed by atoms with Gasteiger partial charge in [-0.05, 0) is 104 Å². The van der Waals surface area contributed by atoms with Crippen molar-refractivity contribution >= 4 is 0 Å². The van der Waals surface area contributed by atoms with Gasteiger partial charge in [-0.15, -0.1) is 0 Å². The second-order valence-corrected chi connectivity index (χ2v) is 16.6. The van der Waals surface area contributed by atoms with E-state index in [0.29, 0.717) is 12.0 Å². The molecule has 4 fully saturated rings. The first-order valence-electron chi connectivity index (χ1n) is 18.6. The quantitative estimate of drug-likeness (QED) is 0.147. The van der Waals surface area contributed by atoms with Gasteiger partial charge in [-0.2, -0.15) is 0 Å². The van der Waals surface area contributed by atoms with E-state index in [9.17, 15) is 15.3 Å². The number of allylic oxidation sites excluding steroid dienone is 1. The monoisotopic (exact) mass is 618 g/mol. The molecule has 0 aromatic carbocycles. The minimum Gasteiger partial charge on any atom is -0.387 e. The Hall–Kier alpha value is -0.500. The fourth-order valence-corrected chi connectivity index (χ4v) is 10.8. The van der Waals surface area contributed by atoms with Crippen LogP contribution in [0.2, 0.25) is 0 Å². The predicted octanol–water partition coefficient (Wildman–Crippen LogP) is 7.43. The summed E-state index contributed by atoms with van der Waals surface area (Å²) in [4.78, 5) is 0. The lowest BCUT2D eigenvalue weighted by Gasteiger charge is -2.58. The van der Waals surface area contributed by atoms with Gasteiger partial charge in [0.25, 0.3) is 0 Å². The Morgan fingerprint density at radius 1 is 0.909 bits per heavy atom. The fourth-order valence-electron chi connectivity index (χ4n) is 10.8. The molecule has 4 unspecified atom stereocenters. The van der Waals surface area contributed by atoms with Crippen molar-refractivity contribution in [3.05, 3.63) is 11.6 Å². The molecule has 5 aliphatic rings. The average molecular weight is 619 g/mol. The lowest BCUT2D eigenvalue weighted by molar-refractivity contribution is -0.314. The largest absolute Gasteiger partial charge is 0.387 e. The summed E-state index contributed by atoms with van der Waals surface area (Å²) in [6.45, 7) is 15.4. The Kier molecular flexibility index (Phi) is 11.7. The highest BCUT2D eigenvalue weighted by Crippen LogP contribution is 2.67. The first kappa shape index (κ1) is 34.8. The topological polar surface area (TPSA) is 88.4 Å². The number of aliphatic hydroxyl groups excluding tert-OH is 3. The molecule has 1 heterocycles. The maximum Gasteiger partial charge on any atom is 0.186 e. The average Bonchev–Trinajstić information content (AvgIpc) is 3.35. The highest BCUT2D eigenvalue weighted by atomic mass is 16.7. The zero-order valence-corrected chi connectivity index (χ0v) is 28.9. The number of ether oxygens (including phenoxy) is 3. The van der Waals surface area contributed by atoms with Crippen molar-refractivity contribution in [1.82, 2.24) is 0 Å². The van der Waals surface area contributed by atoms with Crippen LogP contribution in [0, 0.1) is 46.3 Å². The highest BCUT2D eigenvalue weighted by molar-refractivity contribution is 5.25. The summed E-state index contributed by atoms with van der Waals surface area (Å²) >= 11 is 0. The normalized spacial score (nSPS) is 44.5. The number of fused-ring (bicyclic) bond motifs is 5. The van der Waals surface area contributed by atoms with E-state index in [1.54, 1.807) is 0 Å². The second kappa shape index (κ2) is 14.7. The molecule has 3 N–H and O–H groups in total. The maximum atomic E-state index is 10.8. The summed E-state index contributed by atoms with van der Waals surface area (Å²) in [5, 5.41) is 31.9. The van der Waals surface area contributed by atoms with Crippen molar-refractivity contribution in [2.45, 2.75) is 168 Å². The molecule has 5 rings (SSSR count). The summed E-state index contributed by atoms with van der Waals surface area (Å²) in [5.41, 5.74) is 2.26. The molecule has 0 bridgehead atoms. The van der Waals surface area contributed by atoms with Gasteiger partial charge >= 0.3 is 0 Å². The number of aliphatic hydroxyl groups is 3. The third kappa shape index (κ3) is 7.02. The molecule has 3 saturated carbocycles. The van der Waals surface area contributed by atoms with E-state index in [1.807, 2.05) is 0 Å². The molecular weight excluding hydrogens is 552 g/mol. The lowest BCUT2D eigenvalue weighted by Crippen LogP contribution is -2.60. The van der Waals surface area contributed by atoms with Crippen molar-refractivity contribution in [3.63, 3.8) is 0 Å². The van der Waals surface area contributed by atoms with Gasteiger partial charge in [-0.25, -0.2) is 0 Å². The van der Waals surface area contributed by atoms with Crippen LogP contribution in [0.5, 0.6) is 0 Å². The zero-order valence-electron chi connectivity index (χ0n) is 28.9. The van der Waals surface area contributed by atoms with Crippen LogP contribution in [0.25, 0.3) is 0 Å². The van der Waals surface area contributed by atoms with Gasteiger partial charge < -0.3 is 29.5 Å². The van der Waals surface area contributed by atoms with E-state index in [2.05, 4.69) is 47.6 Å². The van der Waals surface area contributed by atoms with Gasteiger partial charge in [0.1, 0.15) is 24.4 Å². The smallest absolute Gasteiger partial charge is 0.186 e. The van der Waals surface area contributed by atoms with Crippen LogP contribution in [0.1, 0.15) is 131 Å². The van der Waals surface area contributed by atoms with Gasteiger partial charge in [-0.3, -0.25) is 0 Å². The molecule has 13 atom stereocenters. The number of rotatable bonds is 13. The standard InChI is InChI=1S/C38H66O6/c1-7-8-9-21-42-23-32-33(39)34(40)35(41)36(44-32)43-27-17-19-37(5)26(22-27)13-14-28-30-16-15-29(25(4)12-10-11-24(2)3)38(30,6)20-18-31(28)37/h13,24-25,27-36,39-41H,7-12,14-23H2,1-6H3/t25-,27?,28?,29-,30?,31?,32-,33-,34+,35-,36+,37+,38-/m1/s1. The molecule has 1 aliphatic heterocycles. The van der Waals surface area contributed by atoms with Crippen molar-refractivity contribution in [2.75, 3.05) is 13.2 Å². The first-order chi connectivity index (χ1) is 21.0. The van der Waals surface area contributed by atoms with Crippen LogP contribution < -0.4 is 0 Å².